The van der Waals surface area contributed by atoms with Crippen molar-refractivity contribution in [3.8, 4) is 0 Å². The summed E-state index contributed by atoms with van der Waals surface area (Å²) in [7, 11) is 1.56. The molecule has 0 aliphatic carbocycles. The fraction of sp³-hybridized carbons (Fsp3) is 0.364. The summed E-state index contributed by atoms with van der Waals surface area (Å²) in [6, 6.07) is 8.36. The van der Waals surface area contributed by atoms with E-state index in [-0.39, 0.29) is 0 Å². The Hall–Kier alpha value is -1.31. The highest BCUT2D eigenvalue weighted by atomic mass is 16.6. The van der Waals surface area contributed by atoms with E-state index in [0.29, 0.717) is 0 Å². The van der Waals surface area contributed by atoms with Gasteiger partial charge in [-0.2, -0.15) is 0 Å². The van der Waals surface area contributed by atoms with Gasteiger partial charge in [-0.15, -0.1) is 0 Å². The molecular formula is C11H15NO. The third-order valence-corrected chi connectivity index (χ3v) is 2.01. The smallest absolute Gasteiger partial charge is 0.106 e. The van der Waals surface area contributed by atoms with Crippen molar-refractivity contribution in [3.63, 3.8) is 0 Å². The lowest BCUT2D eigenvalue weighted by molar-refractivity contribution is 0.213. The van der Waals surface area contributed by atoms with Crippen molar-refractivity contribution in [2.75, 3.05) is 7.11 Å². The minimum Gasteiger partial charge on any atom is -0.399 e. The number of aryl methyl sites for hydroxylation is 1. The Bertz CT molecular complexity index is 287. The molecule has 0 fully saturated rings. The largest absolute Gasteiger partial charge is 0.399 e. The van der Waals surface area contributed by atoms with Gasteiger partial charge in [0, 0.05) is 0 Å². The standard InChI is InChI=1S/C11H15NO/c1-4-10-5-7-11(8-6-10)9(2)12-13-3/h5-8H,4H2,1-3H3/b12-9+. The average molecular weight is 177 g/mol. The summed E-state index contributed by atoms with van der Waals surface area (Å²) in [5, 5.41) is 3.87. The lowest BCUT2D eigenvalue weighted by Gasteiger charge is -2.01. The Kier molecular flexibility index (Phi) is 3.50. The number of hydrogen-bond acceptors (Lipinski definition) is 2. The van der Waals surface area contributed by atoms with E-state index in [0.717, 1.165) is 17.7 Å². The summed E-state index contributed by atoms with van der Waals surface area (Å²) in [5.41, 5.74) is 3.36. The zero-order valence-electron chi connectivity index (χ0n) is 8.37. The molecule has 0 saturated carbocycles. The van der Waals surface area contributed by atoms with Crippen molar-refractivity contribution in [3.05, 3.63) is 35.4 Å². The van der Waals surface area contributed by atoms with Gasteiger partial charge in [-0.1, -0.05) is 36.3 Å². The lowest BCUT2D eigenvalue weighted by Crippen LogP contribution is -1.95. The number of hydrogen-bond donors (Lipinski definition) is 0. The average Bonchev–Trinajstić information content (AvgIpc) is 2.18. The molecule has 2 heteroatoms. The SMILES string of the molecule is CCc1ccc(/C(C)=N/OC)cc1. The summed E-state index contributed by atoms with van der Waals surface area (Å²) in [5.74, 6) is 0. The number of benzene rings is 1. The molecule has 0 bridgehead atoms. The van der Waals surface area contributed by atoms with Crippen molar-refractivity contribution in [1.29, 1.82) is 0 Å². The maximum atomic E-state index is 4.70. The van der Waals surface area contributed by atoms with E-state index in [9.17, 15) is 0 Å². The van der Waals surface area contributed by atoms with Crippen LogP contribution in [0.3, 0.4) is 0 Å². The molecule has 0 saturated heterocycles. The molecule has 0 aromatic heterocycles. The molecule has 0 spiro atoms. The van der Waals surface area contributed by atoms with E-state index < -0.39 is 0 Å². The van der Waals surface area contributed by atoms with Crippen molar-refractivity contribution in [2.45, 2.75) is 20.3 Å². The van der Waals surface area contributed by atoms with Gasteiger partial charge >= 0.3 is 0 Å². The minimum absolute atomic E-state index is 0.908. The summed E-state index contributed by atoms with van der Waals surface area (Å²) >= 11 is 0. The maximum Gasteiger partial charge on any atom is 0.106 e. The van der Waals surface area contributed by atoms with Crippen molar-refractivity contribution >= 4 is 5.71 Å². The van der Waals surface area contributed by atoms with Gasteiger partial charge in [-0.05, 0) is 24.5 Å². The molecular weight excluding hydrogens is 162 g/mol. The Labute approximate surface area is 79.2 Å². The van der Waals surface area contributed by atoms with E-state index in [1.165, 1.54) is 5.56 Å². The van der Waals surface area contributed by atoms with Crippen molar-refractivity contribution in [2.24, 2.45) is 5.16 Å². The molecule has 0 aliphatic heterocycles. The second-order valence-electron chi connectivity index (χ2n) is 2.91. The van der Waals surface area contributed by atoms with Crippen LogP contribution in [-0.2, 0) is 11.3 Å². The van der Waals surface area contributed by atoms with Gasteiger partial charge in [0.05, 0.1) is 5.71 Å². The summed E-state index contributed by atoms with van der Waals surface area (Å²) < 4.78 is 0. The Balaban J connectivity index is 2.85. The van der Waals surface area contributed by atoms with E-state index in [4.69, 9.17) is 4.84 Å². The molecule has 0 N–H and O–H groups in total. The highest BCUT2D eigenvalue weighted by Gasteiger charge is 1.96. The highest BCUT2D eigenvalue weighted by molar-refractivity contribution is 5.98. The quantitative estimate of drug-likeness (QED) is 0.513. The Morgan fingerprint density at radius 3 is 2.38 bits per heavy atom. The van der Waals surface area contributed by atoms with Crippen LogP contribution in [0.2, 0.25) is 0 Å². The van der Waals surface area contributed by atoms with E-state index in [1.54, 1.807) is 7.11 Å². The molecule has 0 radical (unpaired) electrons. The topological polar surface area (TPSA) is 21.6 Å². The normalized spacial score (nSPS) is 11.5. The molecule has 0 atom stereocenters. The first kappa shape index (κ1) is 9.78. The van der Waals surface area contributed by atoms with Gasteiger partial charge < -0.3 is 4.84 Å². The molecule has 1 aromatic carbocycles. The molecule has 0 unspecified atom stereocenters. The lowest BCUT2D eigenvalue weighted by atomic mass is 10.1. The van der Waals surface area contributed by atoms with Gasteiger partial charge in [-0.25, -0.2) is 0 Å². The van der Waals surface area contributed by atoms with Crippen LogP contribution < -0.4 is 0 Å². The van der Waals surface area contributed by atoms with Crippen LogP contribution in [-0.4, -0.2) is 12.8 Å². The predicted molar refractivity (Wildman–Crippen MR) is 55.0 cm³/mol. The van der Waals surface area contributed by atoms with Crippen molar-refractivity contribution in [1.82, 2.24) is 0 Å². The molecule has 13 heavy (non-hydrogen) atoms. The van der Waals surface area contributed by atoms with Gasteiger partial charge in [-0.3, -0.25) is 0 Å². The van der Waals surface area contributed by atoms with Gasteiger partial charge in [0.1, 0.15) is 7.11 Å². The summed E-state index contributed by atoms with van der Waals surface area (Å²) in [4.78, 5) is 4.70. The third kappa shape index (κ3) is 2.58. The number of rotatable bonds is 3. The van der Waals surface area contributed by atoms with Crippen molar-refractivity contribution < 1.29 is 4.84 Å². The fourth-order valence-electron chi connectivity index (χ4n) is 1.17. The zero-order valence-corrected chi connectivity index (χ0v) is 8.37. The van der Waals surface area contributed by atoms with Crippen LogP contribution in [0.15, 0.2) is 29.4 Å². The molecule has 1 aromatic rings. The van der Waals surface area contributed by atoms with Crippen LogP contribution in [0, 0.1) is 0 Å². The Morgan fingerprint density at radius 2 is 1.92 bits per heavy atom. The van der Waals surface area contributed by atoms with Gasteiger partial charge in [0.25, 0.3) is 0 Å². The molecule has 0 amide bonds. The first-order chi connectivity index (χ1) is 6.27. The predicted octanol–water partition coefficient (Wildman–Crippen LogP) is 2.62. The molecule has 1 rings (SSSR count). The highest BCUT2D eigenvalue weighted by Crippen LogP contribution is 2.06. The van der Waals surface area contributed by atoms with Crippen LogP contribution in [0.4, 0.5) is 0 Å². The minimum atomic E-state index is 0.908. The molecule has 0 heterocycles. The second-order valence-corrected chi connectivity index (χ2v) is 2.91. The fourth-order valence-corrected chi connectivity index (χ4v) is 1.17. The van der Waals surface area contributed by atoms with Crippen LogP contribution in [0.1, 0.15) is 25.0 Å². The summed E-state index contributed by atoms with van der Waals surface area (Å²) in [6.07, 6.45) is 1.07. The maximum absolute atomic E-state index is 4.70. The van der Waals surface area contributed by atoms with Crippen LogP contribution in [0.5, 0.6) is 0 Å². The second kappa shape index (κ2) is 4.65. The Morgan fingerprint density at radius 1 is 1.31 bits per heavy atom. The van der Waals surface area contributed by atoms with Gasteiger partial charge in [0.2, 0.25) is 0 Å². The van der Waals surface area contributed by atoms with E-state index in [1.807, 2.05) is 6.92 Å². The molecule has 0 aliphatic rings. The van der Waals surface area contributed by atoms with E-state index in [2.05, 4.69) is 36.3 Å². The first-order valence-electron chi connectivity index (χ1n) is 4.45. The monoisotopic (exact) mass is 177 g/mol. The van der Waals surface area contributed by atoms with Crippen LogP contribution in [0.25, 0.3) is 0 Å². The summed E-state index contributed by atoms with van der Waals surface area (Å²) in [6.45, 7) is 4.08. The van der Waals surface area contributed by atoms with Gasteiger partial charge in [0.15, 0.2) is 0 Å². The molecule has 70 valence electrons. The van der Waals surface area contributed by atoms with Crippen LogP contribution >= 0.6 is 0 Å². The first-order valence-corrected chi connectivity index (χ1v) is 4.45. The van der Waals surface area contributed by atoms with E-state index >= 15 is 0 Å². The zero-order chi connectivity index (χ0) is 9.68. The number of oxime groups is 1. The molecule has 2 nitrogen and oxygen atoms in total. The third-order valence-electron chi connectivity index (χ3n) is 2.01. The number of nitrogens with zero attached hydrogens (tertiary/aromatic N) is 1.